The average Bonchev–Trinajstić information content (AvgIpc) is 2.87. The third-order valence-electron chi connectivity index (χ3n) is 5.95. The van der Waals surface area contributed by atoms with Crippen molar-refractivity contribution >= 4 is 26.5 Å². The van der Waals surface area contributed by atoms with Gasteiger partial charge in [0.2, 0.25) is 0 Å². The van der Waals surface area contributed by atoms with Gasteiger partial charge in [0.05, 0.1) is 0 Å². The molecule has 0 fully saturated rings. The Morgan fingerprint density at radius 1 is 0.718 bits per heavy atom. The maximum absolute atomic E-state index is 13.0. The Bertz CT molecular complexity index is 1800. The lowest BCUT2D eigenvalue weighted by Gasteiger charge is -2.15. The van der Waals surface area contributed by atoms with Crippen LogP contribution in [0.15, 0.2) is 108 Å². The molecule has 5 aromatic rings. The molecule has 0 amide bonds. The minimum absolute atomic E-state index is 0.0449. The smallest absolute Gasteiger partial charge is 0.508 e. The average molecular weight is 552 g/mol. The summed E-state index contributed by atoms with van der Waals surface area (Å²) in [5.41, 5.74) is 2.64. The second-order valence-electron chi connectivity index (χ2n) is 8.63. The standard InChI is InChI=1S/C29H20F3NO5S/c30-29(31,32)38-26-9-1-2-10-27(26)39(36,37)33-22-7-3-6-21(16-22)28-24-13-11-19(15-20(24)12-14-25(28)35)18-5-4-8-23(34)17-18/h1-17,33-35H. The number of anilines is 1. The summed E-state index contributed by atoms with van der Waals surface area (Å²) in [7, 11) is -4.47. The van der Waals surface area contributed by atoms with E-state index < -0.39 is 27.0 Å². The van der Waals surface area contributed by atoms with Crippen LogP contribution in [0.4, 0.5) is 18.9 Å². The number of aromatic hydroxyl groups is 2. The highest BCUT2D eigenvalue weighted by Gasteiger charge is 2.34. The molecular weight excluding hydrogens is 531 g/mol. The summed E-state index contributed by atoms with van der Waals surface area (Å²) in [5.74, 6) is -0.773. The third-order valence-corrected chi connectivity index (χ3v) is 7.37. The van der Waals surface area contributed by atoms with E-state index in [2.05, 4.69) is 9.46 Å². The number of nitrogens with one attached hydrogen (secondary N) is 1. The first-order chi connectivity index (χ1) is 18.5. The molecule has 0 heterocycles. The van der Waals surface area contributed by atoms with Gasteiger partial charge in [-0.2, -0.15) is 0 Å². The van der Waals surface area contributed by atoms with Crippen LogP contribution in [0.2, 0.25) is 0 Å². The van der Waals surface area contributed by atoms with Crippen molar-refractivity contribution < 1.29 is 36.5 Å². The first kappa shape index (κ1) is 25.9. The van der Waals surface area contributed by atoms with E-state index in [4.69, 9.17) is 0 Å². The molecule has 0 aliphatic rings. The molecule has 0 saturated heterocycles. The van der Waals surface area contributed by atoms with Gasteiger partial charge in [0.25, 0.3) is 10.0 Å². The van der Waals surface area contributed by atoms with Gasteiger partial charge in [-0.1, -0.05) is 54.6 Å². The summed E-state index contributed by atoms with van der Waals surface area (Å²) in [6.07, 6.45) is -5.07. The van der Waals surface area contributed by atoms with E-state index in [1.165, 1.54) is 30.3 Å². The highest BCUT2D eigenvalue weighted by molar-refractivity contribution is 7.92. The molecular formula is C29H20F3NO5S. The summed E-state index contributed by atoms with van der Waals surface area (Å²) in [5, 5.41) is 22.0. The number of phenolic OH excluding ortho intramolecular Hbond substituents is 2. The molecule has 0 saturated carbocycles. The molecule has 5 aromatic carbocycles. The number of halogens is 3. The Hall–Kier alpha value is -4.70. The quantitative estimate of drug-likeness (QED) is 0.206. The fraction of sp³-hybridized carbons (Fsp3) is 0.0345. The van der Waals surface area contributed by atoms with Crippen LogP contribution in [0.1, 0.15) is 0 Å². The summed E-state index contributed by atoms with van der Waals surface area (Å²) in [6.45, 7) is 0. The maximum Gasteiger partial charge on any atom is 0.573 e. The van der Waals surface area contributed by atoms with Gasteiger partial charge in [0.1, 0.15) is 22.1 Å². The Morgan fingerprint density at radius 2 is 1.44 bits per heavy atom. The number of phenols is 2. The molecule has 0 radical (unpaired) electrons. The molecule has 198 valence electrons. The van der Waals surface area contributed by atoms with Crippen molar-refractivity contribution in [2.24, 2.45) is 0 Å². The molecule has 0 atom stereocenters. The van der Waals surface area contributed by atoms with Crippen LogP contribution < -0.4 is 9.46 Å². The maximum atomic E-state index is 13.0. The van der Waals surface area contributed by atoms with Gasteiger partial charge in [-0.3, -0.25) is 4.72 Å². The van der Waals surface area contributed by atoms with Gasteiger partial charge < -0.3 is 14.9 Å². The molecule has 0 unspecified atom stereocenters. The van der Waals surface area contributed by atoms with Crippen LogP contribution in [-0.2, 0) is 10.0 Å². The first-order valence-corrected chi connectivity index (χ1v) is 13.0. The summed E-state index contributed by atoms with van der Waals surface area (Å²) in [4.78, 5) is -0.680. The van der Waals surface area contributed by atoms with Crippen LogP contribution in [0, 0.1) is 0 Å². The minimum Gasteiger partial charge on any atom is -0.508 e. The van der Waals surface area contributed by atoms with Crippen LogP contribution in [-0.4, -0.2) is 25.0 Å². The van der Waals surface area contributed by atoms with Crippen LogP contribution >= 0.6 is 0 Å². The van der Waals surface area contributed by atoms with Gasteiger partial charge in [0.15, 0.2) is 0 Å². The van der Waals surface area contributed by atoms with E-state index in [1.807, 2.05) is 24.3 Å². The molecule has 10 heteroatoms. The number of rotatable bonds is 6. The molecule has 0 aliphatic carbocycles. The molecule has 0 aliphatic heterocycles. The lowest BCUT2D eigenvalue weighted by molar-refractivity contribution is -0.275. The fourth-order valence-electron chi connectivity index (χ4n) is 4.32. The van der Waals surface area contributed by atoms with Crippen molar-refractivity contribution in [1.29, 1.82) is 0 Å². The van der Waals surface area contributed by atoms with Crippen LogP contribution in [0.25, 0.3) is 33.0 Å². The van der Waals surface area contributed by atoms with Crippen molar-refractivity contribution in [1.82, 2.24) is 0 Å². The van der Waals surface area contributed by atoms with Crippen molar-refractivity contribution in [3.8, 4) is 39.5 Å². The largest absolute Gasteiger partial charge is 0.573 e. The van der Waals surface area contributed by atoms with Crippen molar-refractivity contribution in [3.05, 3.63) is 103 Å². The molecule has 6 nitrogen and oxygen atoms in total. The molecule has 3 N–H and O–H groups in total. The number of alkyl halides is 3. The minimum atomic E-state index is -5.07. The van der Waals surface area contributed by atoms with E-state index >= 15 is 0 Å². The zero-order valence-electron chi connectivity index (χ0n) is 20.0. The number of sulfonamides is 1. The van der Waals surface area contributed by atoms with Gasteiger partial charge in [0, 0.05) is 11.3 Å². The second-order valence-corrected chi connectivity index (χ2v) is 10.3. The second kappa shape index (κ2) is 9.88. The Kier molecular flexibility index (Phi) is 6.57. The molecule has 39 heavy (non-hydrogen) atoms. The van der Waals surface area contributed by atoms with Crippen molar-refractivity contribution in [3.63, 3.8) is 0 Å². The van der Waals surface area contributed by atoms with Crippen molar-refractivity contribution in [2.45, 2.75) is 11.3 Å². The lowest BCUT2D eigenvalue weighted by Crippen LogP contribution is -2.20. The zero-order valence-corrected chi connectivity index (χ0v) is 20.8. The van der Waals surface area contributed by atoms with E-state index in [-0.39, 0.29) is 17.2 Å². The third kappa shape index (κ3) is 5.60. The molecule has 0 spiro atoms. The summed E-state index contributed by atoms with van der Waals surface area (Å²) in [6, 6.07) is 26.2. The van der Waals surface area contributed by atoms with E-state index in [1.54, 1.807) is 36.4 Å². The van der Waals surface area contributed by atoms with Gasteiger partial charge >= 0.3 is 6.36 Å². The number of hydrogen-bond donors (Lipinski definition) is 3. The summed E-state index contributed by atoms with van der Waals surface area (Å²) >= 11 is 0. The Labute approximate surface area is 221 Å². The molecule has 0 aromatic heterocycles. The van der Waals surface area contributed by atoms with Gasteiger partial charge in [-0.05, 0) is 76.0 Å². The highest BCUT2D eigenvalue weighted by atomic mass is 32.2. The molecule has 5 rings (SSSR count). The van der Waals surface area contributed by atoms with E-state index in [9.17, 15) is 31.8 Å². The molecule has 0 bridgehead atoms. The monoisotopic (exact) mass is 551 g/mol. The zero-order chi connectivity index (χ0) is 27.8. The predicted octanol–water partition coefficient (Wildman–Crippen LogP) is 7.28. The van der Waals surface area contributed by atoms with E-state index in [0.29, 0.717) is 16.5 Å². The fourth-order valence-corrected chi connectivity index (χ4v) is 5.50. The van der Waals surface area contributed by atoms with Crippen LogP contribution in [0.5, 0.6) is 17.2 Å². The topological polar surface area (TPSA) is 95.9 Å². The van der Waals surface area contributed by atoms with Gasteiger partial charge in [-0.25, -0.2) is 8.42 Å². The predicted molar refractivity (Wildman–Crippen MR) is 142 cm³/mol. The SMILES string of the molecule is O=S(=O)(Nc1cccc(-c2c(O)ccc3cc(-c4cccc(O)c4)ccc23)c1)c1ccccc1OC(F)(F)F. The number of hydrogen-bond acceptors (Lipinski definition) is 5. The Morgan fingerprint density at radius 3 is 2.21 bits per heavy atom. The number of fused-ring (bicyclic) bond motifs is 1. The first-order valence-electron chi connectivity index (χ1n) is 11.5. The lowest BCUT2D eigenvalue weighted by atomic mass is 9.94. The Balaban J connectivity index is 1.52. The summed E-state index contributed by atoms with van der Waals surface area (Å²) < 4.78 is 70.6. The highest BCUT2D eigenvalue weighted by Crippen LogP contribution is 2.39. The number of benzene rings is 5. The van der Waals surface area contributed by atoms with Crippen molar-refractivity contribution in [2.75, 3.05) is 4.72 Å². The van der Waals surface area contributed by atoms with Crippen LogP contribution in [0.3, 0.4) is 0 Å². The number of para-hydroxylation sites is 1. The van der Waals surface area contributed by atoms with E-state index in [0.717, 1.165) is 28.6 Å². The van der Waals surface area contributed by atoms with Gasteiger partial charge in [-0.15, -0.1) is 13.2 Å². The normalized spacial score (nSPS) is 11.9. The number of ether oxygens (including phenoxy) is 1.